The zero-order chi connectivity index (χ0) is 9.26. The van der Waals surface area contributed by atoms with Gasteiger partial charge in [-0.1, -0.05) is 0 Å². The van der Waals surface area contributed by atoms with E-state index in [1.165, 1.54) is 6.33 Å². The van der Waals surface area contributed by atoms with Crippen LogP contribution < -0.4 is 0 Å². The van der Waals surface area contributed by atoms with E-state index in [4.69, 9.17) is 0 Å². The van der Waals surface area contributed by atoms with E-state index in [0.29, 0.717) is 0 Å². The quantitative estimate of drug-likeness (QED) is 0.761. The van der Waals surface area contributed by atoms with Gasteiger partial charge in [0, 0.05) is 6.20 Å². The van der Waals surface area contributed by atoms with E-state index in [1.54, 1.807) is 17.2 Å². The molecule has 2 aromatic rings. The molecule has 0 aliphatic rings. The predicted molar refractivity (Wildman–Crippen MR) is 51.6 cm³/mol. The minimum Gasteiger partial charge on any atom is -0.236 e. The largest absolute Gasteiger partial charge is 0.236 e. The highest BCUT2D eigenvalue weighted by molar-refractivity contribution is 9.10. The van der Waals surface area contributed by atoms with Crippen molar-refractivity contribution in [1.82, 2.24) is 19.7 Å². The molecule has 66 valence electrons. The Balaban J connectivity index is 2.59. The summed E-state index contributed by atoms with van der Waals surface area (Å²) < 4.78 is 2.57. The molecular weight excluding hydrogens is 232 g/mol. The Morgan fingerprint density at radius 1 is 1.46 bits per heavy atom. The Morgan fingerprint density at radius 2 is 2.31 bits per heavy atom. The summed E-state index contributed by atoms with van der Waals surface area (Å²) in [5.41, 5.74) is 1.13. The number of nitrogens with zero attached hydrogens (tertiary/aromatic N) is 4. The van der Waals surface area contributed by atoms with E-state index in [0.717, 1.165) is 15.9 Å². The maximum atomic E-state index is 4.20. The second-order valence-electron chi connectivity index (χ2n) is 2.61. The first-order chi connectivity index (χ1) is 6.29. The molecule has 0 fully saturated rings. The average molecular weight is 239 g/mol. The minimum atomic E-state index is 0.762. The van der Waals surface area contributed by atoms with Crippen molar-refractivity contribution in [2.45, 2.75) is 6.92 Å². The van der Waals surface area contributed by atoms with Gasteiger partial charge in [-0.05, 0) is 34.5 Å². The lowest BCUT2D eigenvalue weighted by atomic mass is 10.3. The van der Waals surface area contributed by atoms with Crippen molar-refractivity contribution in [1.29, 1.82) is 0 Å². The maximum Gasteiger partial charge on any atom is 0.169 e. The van der Waals surface area contributed by atoms with Crippen molar-refractivity contribution in [3.8, 4) is 5.82 Å². The van der Waals surface area contributed by atoms with Crippen LogP contribution in [0.4, 0.5) is 0 Å². The molecule has 0 N–H and O–H groups in total. The molecule has 2 heterocycles. The molecule has 0 unspecified atom stereocenters. The SMILES string of the molecule is Cc1ccnc(-n2cncn2)c1Br. The van der Waals surface area contributed by atoms with Crippen LogP contribution in [0.5, 0.6) is 0 Å². The molecular formula is C8H7BrN4. The fourth-order valence-electron chi connectivity index (χ4n) is 1.00. The van der Waals surface area contributed by atoms with Crippen molar-refractivity contribution in [3.05, 3.63) is 35.0 Å². The van der Waals surface area contributed by atoms with E-state index in [9.17, 15) is 0 Å². The van der Waals surface area contributed by atoms with Crippen molar-refractivity contribution in [2.24, 2.45) is 0 Å². The maximum absolute atomic E-state index is 4.20. The summed E-state index contributed by atoms with van der Waals surface area (Å²) in [6.45, 7) is 2.01. The fraction of sp³-hybridized carbons (Fsp3) is 0.125. The molecule has 0 aliphatic carbocycles. The molecule has 0 spiro atoms. The summed E-state index contributed by atoms with van der Waals surface area (Å²) >= 11 is 3.45. The lowest BCUT2D eigenvalue weighted by Gasteiger charge is -2.03. The van der Waals surface area contributed by atoms with Crippen molar-refractivity contribution >= 4 is 15.9 Å². The highest BCUT2D eigenvalue weighted by Crippen LogP contribution is 2.20. The Kier molecular flexibility index (Phi) is 2.10. The summed E-state index contributed by atoms with van der Waals surface area (Å²) in [5.74, 6) is 0.762. The van der Waals surface area contributed by atoms with E-state index >= 15 is 0 Å². The molecule has 0 atom stereocenters. The van der Waals surface area contributed by atoms with Crippen LogP contribution in [0, 0.1) is 6.92 Å². The summed E-state index contributed by atoms with van der Waals surface area (Å²) in [6, 6.07) is 1.94. The molecule has 0 amide bonds. The molecule has 0 aliphatic heterocycles. The van der Waals surface area contributed by atoms with Gasteiger partial charge in [-0.25, -0.2) is 14.6 Å². The Hall–Kier alpha value is -1.23. The van der Waals surface area contributed by atoms with Crippen molar-refractivity contribution < 1.29 is 0 Å². The number of aryl methyl sites for hydroxylation is 1. The normalized spacial score (nSPS) is 10.3. The first-order valence-electron chi connectivity index (χ1n) is 3.75. The molecule has 0 bridgehead atoms. The Morgan fingerprint density at radius 3 is 3.00 bits per heavy atom. The number of halogens is 1. The van der Waals surface area contributed by atoms with E-state index in [1.807, 2.05) is 13.0 Å². The molecule has 0 saturated carbocycles. The molecule has 0 saturated heterocycles. The van der Waals surface area contributed by atoms with Crippen LogP contribution in [-0.2, 0) is 0 Å². The fourth-order valence-corrected chi connectivity index (χ4v) is 1.42. The van der Waals surface area contributed by atoms with Crippen LogP contribution in [0.15, 0.2) is 29.4 Å². The number of pyridine rings is 1. The highest BCUT2D eigenvalue weighted by atomic mass is 79.9. The molecule has 5 heteroatoms. The second-order valence-corrected chi connectivity index (χ2v) is 3.40. The third-order valence-electron chi connectivity index (χ3n) is 1.70. The van der Waals surface area contributed by atoms with Crippen LogP contribution in [0.1, 0.15) is 5.56 Å². The molecule has 4 nitrogen and oxygen atoms in total. The Bertz CT molecular complexity index is 410. The second kappa shape index (κ2) is 3.26. The monoisotopic (exact) mass is 238 g/mol. The summed E-state index contributed by atoms with van der Waals surface area (Å²) in [6.07, 6.45) is 4.85. The van der Waals surface area contributed by atoms with Gasteiger partial charge in [-0.2, -0.15) is 5.10 Å². The summed E-state index contributed by atoms with van der Waals surface area (Å²) in [4.78, 5) is 8.06. The van der Waals surface area contributed by atoms with Gasteiger partial charge in [-0.3, -0.25) is 0 Å². The third kappa shape index (κ3) is 1.47. The Labute approximate surface area is 83.8 Å². The number of hydrogen-bond acceptors (Lipinski definition) is 3. The van der Waals surface area contributed by atoms with Crippen molar-refractivity contribution in [2.75, 3.05) is 0 Å². The van der Waals surface area contributed by atoms with Crippen molar-refractivity contribution in [3.63, 3.8) is 0 Å². The topological polar surface area (TPSA) is 43.6 Å². The first-order valence-corrected chi connectivity index (χ1v) is 4.54. The van der Waals surface area contributed by atoms with Gasteiger partial charge in [0.25, 0.3) is 0 Å². The molecule has 0 radical (unpaired) electrons. The van der Waals surface area contributed by atoms with Crippen LogP contribution in [0.2, 0.25) is 0 Å². The number of aromatic nitrogens is 4. The minimum absolute atomic E-state index is 0.762. The zero-order valence-corrected chi connectivity index (χ0v) is 8.56. The number of hydrogen-bond donors (Lipinski definition) is 0. The van der Waals surface area contributed by atoms with Gasteiger partial charge in [0.2, 0.25) is 0 Å². The smallest absolute Gasteiger partial charge is 0.169 e. The lowest BCUT2D eigenvalue weighted by molar-refractivity contribution is 0.837. The third-order valence-corrected chi connectivity index (χ3v) is 2.68. The van der Waals surface area contributed by atoms with E-state index < -0.39 is 0 Å². The molecule has 2 aromatic heterocycles. The van der Waals surface area contributed by atoms with Gasteiger partial charge in [-0.15, -0.1) is 0 Å². The van der Waals surface area contributed by atoms with Gasteiger partial charge in [0.1, 0.15) is 12.7 Å². The average Bonchev–Trinajstić information content (AvgIpc) is 2.62. The summed E-state index contributed by atoms with van der Waals surface area (Å²) in [5, 5.41) is 4.00. The molecule has 13 heavy (non-hydrogen) atoms. The van der Waals surface area contributed by atoms with Crippen LogP contribution in [0.25, 0.3) is 5.82 Å². The molecule has 0 aromatic carbocycles. The molecule has 2 rings (SSSR count). The van der Waals surface area contributed by atoms with Gasteiger partial charge >= 0.3 is 0 Å². The van der Waals surface area contributed by atoms with Crippen LogP contribution >= 0.6 is 15.9 Å². The first kappa shape index (κ1) is 8.37. The van der Waals surface area contributed by atoms with E-state index in [2.05, 4.69) is 31.0 Å². The van der Waals surface area contributed by atoms with Gasteiger partial charge in [0.05, 0.1) is 4.47 Å². The number of rotatable bonds is 1. The van der Waals surface area contributed by atoms with Gasteiger partial charge in [0.15, 0.2) is 5.82 Å². The van der Waals surface area contributed by atoms with Crippen LogP contribution in [-0.4, -0.2) is 19.7 Å². The summed E-state index contributed by atoms with van der Waals surface area (Å²) in [7, 11) is 0. The standard InChI is InChI=1S/C8H7BrN4/c1-6-2-3-11-8(7(6)9)13-5-10-4-12-13/h2-5H,1H3. The van der Waals surface area contributed by atoms with E-state index in [-0.39, 0.29) is 0 Å². The highest BCUT2D eigenvalue weighted by Gasteiger charge is 2.05. The predicted octanol–water partition coefficient (Wildman–Crippen LogP) is 1.73. The lowest BCUT2D eigenvalue weighted by Crippen LogP contribution is -1.99. The van der Waals surface area contributed by atoms with Crippen LogP contribution in [0.3, 0.4) is 0 Å². The van der Waals surface area contributed by atoms with Gasteiger partial charge < -0.3 is 0 Å². The zero-order valence-electron chi connectivity index (χ0n) is 6.98.